The molecule has 2 aromatic carbocycles. The topological polar surface area (TPSA) is 104 Å². The van der Waals surface area contributed by atoms with Gasteiger partial charge in [0.25, 0.3) is 10.0 Å². The van der Waals surface area contributed by atoms with Crippen LogP contribution in [0.2, 0.25) is 0 Å². The van der Waals surface area contributed by atoms with Gasteiger partial charge in [-0.2, -0.15) is 23.4 Å². The Morgan fingerprint density at radius 2 is 1.59 bits per heavy atom. The number of halogens is 3. The molecule has 1 heterocycles. The SMILES string of the molecule is O=S(=O)(Nc1ccccn1)c1ccc(/N=N/c2ccc(O)c(C(F)(F)F)c2)cc1. The zero-order valence-corrected chi connectivity index (χ0v) is 15.3. The number of phenols is 1. The summed E-state index contributed by atoms with van der Waals surface area (Å²) in [4.78, 5) is 3.83. The van der Waals surface area contributed by atoms with Crippen LogP contribution in [-0.2, 0) is 16.2 Å². The monoisotopic (exact) mass is 422 g/mol. The van der Waals surface area contributed by atoms with E-state index in [1.54, 1.807) is 12.1 Å². The number of azo groups is 1. The van der Waals surface area contributed by atoms with Gasteiger partial charge in [0.05, 0.1) is 21.8 Å². The lowest BCUT2D eigenvalue weighted by Crippen LogP contribution is -2.13. The van der Waals surface area contributed by atoms with Gasteiger partial charge in [0.1, 0.15) is 11.6 Å². The van der Waals surface area contributed by atoms with Crippen molar-refractivity contribution < 1.29 is 26.7 Å². The molecule has 150 valence electrons. The third kappa shape index (κ3) is 5.08. The van der Waals surface area contributed by atoms with E-state index in [0.717, 1.165) is 6.07 Å². The Labute approximate surface area is 163 Å². The second kappa shape index (κ2) is 7.87. The van der Waals surface area contributed by atoms with Gasteiger partial charge in [-0.15, -0.1) is 0 Å². The molecule has 0 radical (unpaired) electrons. The summed E-state index contributed by atoms with van der Waals surface area (Å²) in [5, 5.41) is 16.8. The minimum Gasteiger partial charge on any atom is -0.507 e. The Kier molecular flexibility index (Phi) is 5.50. The van der Waals surface area contributed by atoms with Crippen molar-refractivity contribution in [2.75, 3.05) is 4.72 Å². The van der Waals surface area contributed by atoms with Crippen LogP contribution in [0.15, 0.2) is 82.0 Å². The Morgan fingerprint density at radius 1 is 0.931 bits per heavy atom. The van der Waals surface area contributed by atoms with Crippen LogP contribution in [-0.4, -0.2) is 18.5 Å². The molecule has 11 heteroatoms. The number of aromatic hydroxyl groups is 1. The summed E-state index contributed by atoms with van der Waals surface area (Å²) in [5.41, 5.74) is -1.12. The van der Waals surface area contributed by atoms with E-state index in [2.05, 4.69) is 19.9 Å². The molecule has 0 saturated heterocycles. The summed E-state index contributed by atoms with van der Waals surface area (Å²) in [7, 11) is -3.86. The van der Waals surface area contributed by atoms with E-state index in [-0.39, 0.29) is 22.1 Å². The first kappa shape index (κ1) is 20.3. The van der Waals surface area contributed by atoms with Gasteiger partial charge in [-0.3, -0.25) is 4.72 Å². The molecule has 0 fully saturated rings. The van der Waals surface area contributed by atoms with Crippen molar-refractivity contribution in [1.82, 2.24) is 4.98 Å². The number of nitrogens with zero attached hydrogens (tertiary/aromatic N) is 3. The fourth-order valence-corrected chi connectivity index (χ4v) is 3.25. The van der Waals surface area contributed by atoms with E-state index in [1.807, 2.05) is 0 Å². The van der Waals surface area contributed by atoms with Crippen LogP contribution in [0.25, 0.3) is 0 Å². The van der Waals surface area contributed by atoms with Crippen LogP contribution in [0.5, 0.6) is 5.75 Å². The number of nitrogens with one attached hydrogen (secondary N) is 1. The van der Waals surface area contributed by atoms with Crippen LogP contribution in [0.1, 0.15) is 5.56 Å². The zero-order chi connectivity index (χ0) is 21.1. The van der Waals surface area contributed by atoms with Crippen LogP contribution in [0, 0.1) is 0 Å². The van der Waals surface area contributed by atoms with Gasteiger partial charge in [0.2, 0.25) is 0 Å². The Bertz CT molecular complexity index is 1130. The first-order chi connectivity index (χ1) is 13.6. The molecule has 2 N–H and O–H groups in total. The number of benzene rings is 2. The van der Waals surface area contributed by atoms with Crippen molar-refractivity contribution in [1.29, 1.82) is 0 Å². The maximum atomic E-state index is 12.8. The molecule has 1 aromatic heterocycles. The van der Waals surface area contributed by atoms with Gasteiger partial charge >= 0.3 is 6.18 Å². The van der Waals surface area contributed by atoms with Gasteiger partial charge in [-0.25, -0.2) is 13.4 Å². The normalized spacial score (nSPS) is 12.2. The van der Waals surface area contributed by atoms with E-state index in [4.69, 9.17) is 0 Å². The van der Waals surface area contributed by atoms with E-state index >= 15 is 0 Å². The predicted octanol–water partition coefficient (Wildman–Crippen LogP) is 5.02. The van der Waals surface area contributed by atoms with Crippen molar-refractivity contribution in [3.05, 3.63) is 72.4 Å². The molecule has 0 unspecified atom stereocenters. The van der Waals surface area contributed by atoms with Crippen LogP contribution in [0.3, 0.4) is 0 Å². The molecule has 29 heavy (non-hydrogen) atoms. The second-order valence-corrected chi connectivity index (χ2v) is 7.40. The molecule has 0 bridgehead atoms. The maximum Gasteiger partial charge on any atom is 0.420 e. The van der Waals surface area contributed by atoms with E-state index in [1.165, 1.54) is 42.6 Å². The average molecular weight is 422 g/mol. The van der Waals surface area contributed by atoms with Crippen molar-refractivity contribution in [3.8, 4) is 5.75 Å². The lowest BCUT2D eigenvalue weighted by molar-refractivity contribution is -0.138. The minimum atomic E-state index is -4.73. The number of aromatic nitrogens is 1. The predicted molar refractivity (Wildman–Crippen MR) is 98.8 cm³/mol. The largest absolute Gasteiger partial charge is 0.507 e. The summed E-state index contributed by atoms with van der Waals surface area (Å²) in [6.45, 7) is 0. The van der Waals surface area contributed by atoms with E-state index < -0.39 is 27.5 Å². The average Bonchev–Trinajstić information content (AvgIpc) is 2.67. The highest BCUT2D eigenvalue weighted by atomic mass is 32.2. The van der Waals surface area contributed by atoms with Crippen molar-refractivity contribution in [3.63, 3.8) is 0 Å². The number of anilines is 1. The maximum absolute atomic E-state index is 12.8. The molecule has 0 amide bonds. The lowest BCUT2D eigenvalue weighted by atomic mass is 10.2. The van der Waals surface area contributed by atoms with Crippen molar-refractivity contribution >= 4 is 27.2 Å². The van der Waals surface area contributed by atoms with E-state index in [9.17, 15) is 26.7 Å². The summed E-state index contributed by atoms with van der Waals surface area (Å²) < 4.78 is 65.4. The molecule has 0 aliphatic carbocycles. The number of alkyl halides is 3. The Balaban J connectivity index is 1.77. The highest BCUT2D eigenvalue weighted by Gasteiger charge is 2.34. The molecule has 0 atom stereocenters. The third-order valence-corrected chi connectivity index (χ3v) is 4.99. The van der Waals surface area contributed by atoms with Gasteiger partial charge in [-0.1, -0.05) is 6.07 Å². The first-order valence-corrected chi connectivity index (χ1v) is 9.49. The molecule has 0 saturated carbocycles. The smallest absolute Gasteiger partial charge is 0.420 e. The van der Waals surface area contributed by atoms with Crippen molar-refractivity contribution in [2.24, 2.45) is 10.2 Å². The third-order valence-electron chi connectivity index (χ3n) is 3.62. The molecular weight excluding hydrogens is 409 g/mol. The molecule has 0 aliphatic rings. The van der Waals surface area contributed by atoms with Crippen LogP contribution >= 0.6 is 0 Å². The fraction of sp³-hybridized carbons (Fsp3) is 0.0556. The molecule has 0 spiro atoms. The molecular formula is C18H13F3N4O3S. The standard InChI is InChI=1S/C18H13F3N4O3S/c19-18(20,21)15-11-13(6-9-16(15)26)24-23-12-4-7-14(8-5-12)29(27,28)25-17-3-1-2-10-22-17/h1-11,26H,(H,22,25)/b24-23+. The molecule has 7 nitrogen and oxygen atoms in total. The lowest BCUT2D eigenvalue weighted by Gasteiger charge is -2.08. The van der Waals surface area contributed by atoms with Crippen LogP contribution < -0.4 is 4.72 Å². The highest BCUT2D eigenvalue weighted by Crippen LogP contribution is 2.38. The summed E-state index contributed by atoms with van der Waals surface area (Å²) in [5.74, 6) is -0.754. The van der Waals surface area contributed by atoms with Gasteiger partial charge in [0, 0.05) is 6.20 Å². The Morgan fingerprint density at radius 3 is 2.21 bits per heavy atom. The molecule has 3 aromatic rings. The van der Waals surface area contributed by atoms with Gasteiger partial charge in [-0.05, 0) is 54.6 Å². The fourth-order valence-electron chi connectivity index (χ4n) is 2.24. The van der Waals surface area contributed by atoms with Crippen LogP contribution in [0.4, 0.5) is 30.4 Å². The summed E-state index contributed by atoms with van der Waals surface area (Å²) in [6.07, 6.45) is -3.29. The number of hydrogen-bond acceptors (Lipinski definition) is 6. The Hall–Kier alpha value is -3.47. The molecule has 3 rings (SSSR count). The number of sulfonamides is 1. The minimum absolute atomic E-state index is 0.0499. The zero-order valence-electron chi connectivity index (χ0n) is 14.5. The number of pyridine rings is 1. The van der Waals surface area contributed by atoms with E-state index in [0.29, 0.717) is 6.07 Å². The highest BCUT2D eigenvalue weighted by molar-refractivity contribution is 7.92. The molecule has 0 aliphatic heterocycles. The number of rotatable bonds is 5. The quantitative estimate of drug-likeness (QED) is 0.563. The first-order valence-electron chi connectivity index (χ1n) is 8.01. The summed E-state index contributed by atoms with van der Waals surface area (Å²) in [6, 6.07) is 12.7. The second-order valence-electron chi connectivity index (χ2n) is 5.71. The number of phenolic OH excluding ortho intramolecular Hbond substituents is 1. The summed E-state index contributed by atoms with van der Waals surface area (Å²) >= 11 is 0. The van der Waals surface area contributed by atoms with Gasteiger partial charge < -0.3 is 5.11 Å². The number of hydrogen-bond donors (Lipinski definition) is 2. The van der Waals surface area contributed by atoms with Crippen molar-refractivity contribution in [2.45, 2.75) is 11.1 Å². The van der Waals surface area contributed by atoms with Gasteiger partial charge in [0.15, 0.2) is 0 Å².